The normalized spacial score (nSPS) is 10.9. The zero-order valence-corrected chi connectivity index (χ0v) is 13.8. The number of nitrogens with one attached hydrogen (secondary N) is 1. The molecule has 118 valence electrons. The van der Waals surface area contributed by atoms with Gasteiger partial charge in [0.2, 0.25) is 0 Å². The van der Waals surface area contributed by atoms with Crippen LogP contribution in [0.5, 0.6) is 0 Å². The van der Waals surface area contributed by atoms with Crippen molar-refractivity contribution in [3.8, 4) is 0 Å². The summed E-state index contributed by atoms with van der Waals surface area (Å²) < 4.78 is 1.89. The maximum absolute atomic E-state index is 12.8. The van der Waals surface area contributed by atoms with Crippen molar-refractivity contribution < 1.29 is 4.79 Å². The molecule has 1 N–H and O–H groups in total. The van der Waals surface area contributed by atoms with Gasteiger partial charge < -0.3 is 5.32 Å². The van der Waals surface area contributed by atoms with Gasteiger partial charge in [0.05, 0.1) is 5.69 Å². The number of aryl methyl sites for hydroxylation is 3. The summed E-state index contributed by atoms with van der Waals surface area (Å²) in [4.78, 5) is 17.5. The van der Waals surface area contributed by atoms with Gasteiger partial charge in [-0.15, -0.1) is 0 Å². The Kier molecular flexibility index (Phi) is 4.15. The van der Waals surface area contributed by atoms with E-state index >= 15 is 0 Å². The van der Waals surface area contributed by atoms with Crippen LogP contribution >= 0.6 is 0 Å². The molecule has 3 rings (SSSR count). The maximum atomic E-state index is 12.8. The number of pyridine rings is 1. The molecule has 1 aromatic carbocycles. The monoisotopic (exact) mass is 307 g/mol. The quantitative estimate of drug-likeness (QED) is 0.787. The van der Waals surface area contributed by atoms with Gasteiger partial charge in [-0.25, -0.2) is 4.98 Å². The fourth-order valence-corrected chi connectivity index (χ4v) is 2.76. The number of benzene rings is 1. The average molecular weight is 307 g/mol. The summed E-state index contributed by atoms with van der Waals surface area (Å²) in [7, 11) is 0. The van der Waals surface area contributed by atoms with Crippen molar-refractivity contribution in [3.63, 3.8) is 0 Å². The Bertz CT molecular complexity index is 864. The molecule has 0 radical (unpaired) electrons. The molecular weight excluding hydrogens is 286 g/mol. The van der Waals surface area contributed by atoms with Gasteiger partial charge in [-0.2, -0.15) is 0 Å². The number of rotatable bonds is 4. The Hall–Kier alpha value is -2.62. The Morgan fingerprint density at radius 3 is 2.74 bits per heavy atom. The lowest BCUT2D eigenvalue weighted by Gasteiger charge is -2.08. The Balaban J connectivity index is 2.04. The summed E-state index contributed by atoms with van der Waals surface area (Å²) in [5.74, 6) is -0.114. The largest absolute Gasteiger partial charge is 0.321 e. The molecule has 23 heavy (non-hydrogen) atoms. The van der Waals surface area contributed by atoms with Gasteiger partial charge >= 0.3 is 0 Å². The van der Waals surface area contributed by atoms with Crippen molar-refractivity contribution in [3.05, 3.63) is 65.1 Å². The second-order valence-corrected chi connectivity index (χ2v) is 5.92. The molecule has 0 unspecified atom stereocenters. The minimum atomic E-state index is -0.114. The van der Waals surface area contributed by atoms with Crippen LogP contribution in [0.3, 0.4) is 0 Å². The summed E-state index contributed by atoms with van der Waals surface area (Å²) in [6, 6.07) is 11.8. The van der Waals surface area contributed by atoms with Crippen molar-refractivity contribution in [1.82, 2.24) is 9.38 Å². The molecule has 0 aliphatic rings. The number of anilines is 1. The van der Waals surface area contributed by atoms with Crippen molar-refractivity contribution in [2.24, 2.45) is 0 Å². The fourth-order valence-electron chi connectivity index (χ4n) is 2.76. The minimum Gasteiger partial charge on any atom is -0.321 e. The van der Waals surface area contributed by atoms with E-state index in [0.29, 0.717) is 5.69 Å². The number of aromatic nitrogens is 2. The number of imidazole rings is 1. The third kappa shape index (κ3) is 3.11. The van der Waals surface area contributed by atoms with Gasteiger partial charge in [0.25, 0.3) is 5.91 Å². The highest BCUT2D eigenvalue weighted by molar-refractivity contribution is 6.04. The molecule has 0 fully saturated rings. The zero-order chi connectivity index (χ0) is 16.4. The fraction of sp³-hybridized carbons (Fsp3) is 0.263. The van der Waals surface area contributed by atoms with Gasteiger partial charge in [0.1, 0.15) is 11.3 Å². The van der Waals surface area contributed by atoms with Gasteiger partial charge in [-0.1, -0.05) is 31.5 Å². The molecule has 3 aromatic rings. The molecule has 4 heteroatoms. The van der Waals surface area contributed by atoms with E-state index < -0.39 is 0 Å². The predicted molar refractivity (Wildman–Crippen MR) is 93.1 cm³/mol. The van der Waals surface area contributed by atoms with E-state index in [0.717, 1.165) is 41.0 Å². The van der Waals surface area contributed by atoms with Crippen LogP contribution in [0.1, 0.15) is 40.7 Å². The zero-order valence-electron chi connectivity index (χ0n) is 13.8. The molecule has 0 saturated heterocycles. The van der Waals surface area contributed by atoms with E-state index in [-0.39, 0.29) is 5.91 Å². The predicted octanol–water partition coefficient (Wildman–Crippen LogP) is 4.16. The Morgan fingerprint density at radius 1 is 1.17 bits per heavy atom. The third-order valence-electron chi connectivity index (χ3n) is 3.82. The van der Waals surface area contributed by atoms with E-state index in [2.05, 4.69) is 17.2 Å². The van der Waals surface area contributed by atoms with E-state index in [1.54, 1.807) is 0 Å². The molecule has 0 saturated carbocycles. The SMILES string of the molecule is CCCc1nc2ccc(C)cn2c1C(=O)Nc1cccc(C)c1. The first kappa shape index (κ1) is 15.3. The number of hydrogen-bond acceptors (Lipinski definition) is 2. The Morgan fingerprint density at radius 2 is 2.00 bits per heavy atom. The van der Waals surface area contributed by atoms with Crippen molar-refractivity contribution in [1.29, 1.82) is 0 Å². The maximum Gasteiger partial charge on any atom is 0.274 e. The Labute approximate surface area is 136 Å². The van der Waals surface area contributed by atoms with Crippen LogP contribution in [0, 0.1) is 13.8 Å². The summed E-state index contributed by atoms with van der Waals surface area (Å²) >= 11 is 0. The highest BCUT2D eigenvalue weighted by Gasteiger charge is 2.19. The highest BCUT2D eigenvalue weighted by atomic mass is 16.2. The van der Waals surface area contributed by atoms with Crippen molar-refractivity contribution >= 4 is 17.2 Å². The summed E-state index contributed by atoms with van der Waals surface area (Å²) in [6.07, 6.45) is 3.71. The second kappa shape index (κ2) is 6.24. The van der Waals surface area contributed by atoms with Crippen molar-refractivity contribution in [2.45, 2.75) is 33.6 Å². The standard InChI is InChI=1S/C19H21N3O/c1-4-6-16-18(22-12-14(3)9-10-17(22)21-16)19(23)20-15-8-5-7-13(2)11-15/h5,7-12H,4,6H2,1-3H3,(H,20,23). The molecule has 4 nitrogen and oxygen atoms in total. The summed E-state index contributed by atoms with van der Waals surface area (Å²) in [5, 5.41) is 3.00. The molecule has 0 bridgehead atoms. The van der Waals surface area contributed by atoms with E-state index in [9.17, 15) is 4.79 Å². The first-order valence-corrected chi connectivity index (χ1v) is 7.94. The lowest BCUT2D eigenvalue weighted by molar-refractivity contribution is 0.102. The molecule has 0 spiro atoms. The first-order valence-electron chi connectivity index (χ1n) is 7.94. The van der Waals surface area contributed by atoms with Crippen LogP contribution in [0.2, 0.25) is 0 Å². The topological polar surface area (TPSA) is 46.4 Å². The molecule has 2 aromatic heterocycles. The molecular formula is C19H21N3O. The molecule has 0 atom stereocenters. The number of carbonyl (C=O) groups excluding carboxylic acids is 1. The number of hydrogen-bond donors (Lipinski definition) is 1. The van der Waals surface area contributed by atoms with E-state index in [4.69, 9.17) is 0 Å². The van der Waals surface area contributed by atoms with Crippen LogP contribution < -0.4 is 5.32 Å². The summed E-state index contributed by atoms with van der Waals surface area (Å²) in [6.45, 7) is 6.12. The van der Waals surface area contributed by atoms with Crippen LogP contribution in [-0.4, -0.2) is 15.3 Å². The van der Waals surface area contributed by atoms with Crippen molar-refractivity contribution in [2.75, 3.05) is 5.32 Å². The van der Waals surface area contributed by atoms with Gasteiger partial charge in [0, 0.05) is 11.9 Å². The van der Waals surface area contributed by atoms with Gasteiger partial charge in [-0.3, -0.25) is 9.20 Å². The number of carbonyl (C=O) groups is 1. The lowest BCUT2D eigenvalue weighted by atomic mass is 10.2. The molecule has 0 aliphatic heterocycles. The van der Waals surface area contributed by atoms with E-state index in [1.165, 1.54) is 0 Å². The molecule has 0 aliphatic carbocycles. The number of amides is 1. The van der Waals surface area contributed by atoms with Crippen LogP contribution in [-0.2, 0) is 6.42 Å². The van der Waals surface area contributed by atoms with Crippen LogP contribution in [0.4, 0.5) is 5.69 Å². The van der Waals surface area contributed by atoms with Gasteiger partial charge in [0.15, 0.2) is 0 Å². The number of nitrogens with zero attached hydrogens (tertiary/aromatic N) is 2. The number of fused-ring (bicyclic) bond motifs is 1. The highest BCUT2D eigenvalue weighted by Crippen LogP contribution is 2.18. The first-order chi connectivity index (χ1) is 11.1. The minimum absolute atomic E-state index is 0.114. The third-order valence-corrected chi connectivity index (χ3v) is 3.82. The van der Waals surface area contributed by atoms with Crippen LogP contribution in [0.25, 0.3) is 5.65 Å². The average Bonchev–Trinajstić information content (AvgIpc) is 2.85. The smallest absolute Gasteiger partial charge is 0.274 e. The lowest BCUT2D eigenvalue weighted by Crippen LogP contribution is -2.16. The van der Waals surface area contributed by atoms with Gasteiger partial charge in [-0.05, 0) is 49.6 Å². The molecule has 2 heterocycles. The van der Waals surface area contributed by atoms with E-state index in [1.807, 2.05) is 60.8 Å². The summed E-state index contributed by atoms with van der Waals surface area (Å²) in [5.41, 5.74) is 5.32. The second-order valence-electron chi connectivity index (χ2n) is 5.92. The van der Waals surface area contributed by atoms with Crippen LogP contribution in [0.15, 0.2) is 42.6 Å². The molecule has 1 amide bonds.